The van der Waals surface area contributed by atoms with E-state index in [1.807, 2.05) is 18.2 Å². The van der Waals surface area contributed by atoms with Gasteiger partial charge < -0.3 is 10.8 Å². The van der Waals surface area contributed by atoms with Gasteiger partial charge in [0.15, 0.2) is 0 Å². The molecule has 2 rings (SSSR count). The van der Waals surface area contributed by atoms with Crippen LogP contribution in [0.15, 0.2) is 18.2 Å². The predicted molar refractivity (Wildman–Crippen MR) is 58.8 cm³/mol. The third-order valence-electron chi connectivity index (χ3n) is 2.79. The normalized spacial score (nSPS) is 15.2. The zero-order chi connectivity index (χ0) is 10.8. The number of carboxylic acid groups (broad SMARTS) is 1. The summed E-state index contributed by atoms with van der Waals surface area (Å²) in [7, 11) is 0. The molecule has 0 bridgehead atoms. The van der Waals surface area contributed by atoms with Crippen LogP contribution < -0.4 is 5.73 Å². The van der Waals surface area contributed by atoms with Gasteiger partial charge in [0.1, 0.15) is 0 Å². The summed E-state index contributed by atoms with van der Waals surface area (Å²) >= 11 is 0. The Morgan fingerprint density at radius 1 is 1.47 bits per heavy atom. The molecule has 1 saturated carbocycles. The number of benzene rings is 1. The van der Waals surface area contributed by atoms with Crippen molar-refractivity contribution in [3.63, 3.8) is 0 Å². The summed E-state index contributed by atoms with van der Waals surface area (Å²) in [4.78, 5) is 10.5. The number of carboxylic acids is 1. The highest BCUT2D eigenvalue weighted by molar-refractivity contribution is 5.67. The maximum atomic E-state index is 10.5. The van der Waals surface area contributed by atoms with Crippen LogP contribution in [0.1, 0.15) is 36.3 Å². The number of rotatable bonds is 4. The second-order valence-corrected chi connectivity index (χ2v) is 4.13. The molecule has 3 heteroatoms. The molecule has 0 amide bonds. The molecule has 1 aliphatic rings. The lowest BCUT2D eigenvalue weighted by atomic mass is 9.99. The highest BCUT2D eigenvalue weighted by atomic mass is 16.4. The molecule has 3 N–H and O–H groups in total. The van der Waals surface area contributed by atoms with Crippen LogP contribution >= 0.6 is 0 Å². The quantitative estimate of drug-likeness (QED) is 0.740. The Kier molecular flexibility index (Phi) is 2.62. The van der Waals surface area contributed by atoms with E-state index in [0.717, 1.165) is 11.3 Å². The number of nitrogen functional groups attached to an aromatic ring is 1. The van der Waals surface area contributed by atoms with Gasteiger partial charge in [0, 0.05) is 12.1 Å². The second kappa shape index (κ2) is 3.93. The number of aryl methyl sites for hydroxylation is 1. The Hall–Kier alpha value is -1.51. The Balaban J connectivity index is 2.18. The molecular formula is C12H15NO2. The molecule has 15 heavy (non-hydrogen) atoms. The van der Waals surface area contributed by atoms with Gasteiger partial charge in [-0.2, -0.15) is 0 Å². The summed E-state index contributed by atoms with van der Waals surface area (Å²) < 4.78 is 0. The minimum atomic E-state index is -0.751. The summed E-state index contributed by atoms with van der Waals surface area (Å²) in [6, 6.07) is 5.86. The van der Waals surface area contributed by atoms with Crippen LogP contribution in [0, 0.1) is 0 Å². The van der Waals surface area contributed by atoms with Crippen molar-refractivity contribution in [2.45, 2.75) is 31.6 Å². The first-order valence-corrected chi connectivity index (χ1v) is 5.27. The third-order valence-corrected chi connectivity index (χ3v) is 2.79. The average Bonchev–Trinajstić information content (AvgIpc) is 2.98. The number of hydrogen-bond donors (Lipinski definition) is 2. The predicted octanol–water partition coefficient (Wildman–Crippen LogP) is 2.16. The van der Waals surface area contributed by atoms with E-state index < -0.39 is 5.97 Å². The van der Waals surface area contributed by atoms with Crippen molar-refractivity contribution in [1.82, 2.24) is 0 Å². The van der Waals surface area contributed by atoms with Crippen molar-refractivity contribution in [3.05, 3.63) is 29.3 Å². The zero-order valence-electron chi connectivity index (χ0n) is 8.57. The monoisotopic (exact) mass is 205 g/mol. The minimum absolute atomic E-state index is 0.184. The smallest absolute Gasteiger partial charge is 0.303 e. The van der Waals surface area contributed by atoms with Crippen LogP contribution in [0.5, 0.6) is 0 Å². The van der Waals surface area contributed by atoms with Gasteiger partial charge in [-0.3, -0.25) is 4.79 Å². The Bertz CT molecular complexity index is 383. The van der Waals surface area contributed by atoms with E-state index in [1.165, 1.54) is 18.4 Å². The van der Waals surface area contributed by atoms with E-state index in [0.29, 0.717) is 12.3 Å². The lowest BCUT2D eigenvalue weighted by molar-refractivity contribution is -0.136. The van der Waals surface area contributed by atoms with Gasteiger partial charge in [0.05, 0.1) is 0 Å². The van der Waals surface area contributed by atoms with Crippen molar-refractivity contribution >= 4 is 11.7 Å². The summed E-state index contributed by atoms with van der Waals surface area (Å²) in [5.74, 6) is -0.103. The van der Waals surface area contributed by atoms with E-state index in [9.17, 15) is 4.79 Å². The lowest BCUT2D eigenvalue weighted by Crippen LogP contribution is -2.01. The van der Waals surface area contributed by atoms with Gasteiger partial charge in [-0.15, -0.1) is 0 Å². The first-order chi connectivity index (χ1) is 7.16. The SMILES string of the molecule is Nc1ccc(C2CC2)c(CCC(=O)O)c1. The molecule has 0 spiro atoms. The molecule has 0 heterocycles. The maximum Gasteiger partial charge on any atom is 0.303 e. The first-order valence-electron chi connectivity index (χ1n) is 5.27. The molecule has 0 aromatic heterocycles. The average molecular weight is 205 g/mol. The first kappa shape index (κ1) is 10.0. The Labute approximate surface area is 88.9 Å². The van der Waals surface area contributed by atoms with Crippen LogP contribution in [0.25, 0.3) is 0 Å². The summed E-state index contributed by atoms with van der Waals surface area (Å²) in [5, 5.41) is 8.66. The zero-order valence-corrected chi connectivity index (χ0v) is 8.57. The van der Waals surface area contributed by atoms with E-state index in [-0.39, 0.29) is 6.42 Å². The standard InChI is InChI=1S/C12H15NO2/c13-10-4-5-11(8-1-2-8)9(7-10)3-6-12(14)15/h4-5,7-8H,1-3,6,13H2,(H,14,15). The summed E-state index contributed by atoms with van der Waals surface area (Å²) in [6.45, 7) is 0. The molecule has 0 aliphatic heterocycles. The van der Waals surface area contributed by atoms with Crippen molar-refractivity contribution in [2.24, 2.45) is 0 Å². The number of hydrogen-bond acceptors (Lipinski definition) is 2. The fourth-order valence-electron chi connectivity index (χ4n) is 1.88. The number of anilines is 1. The second-order valence-electron chi connectivity index (χ2n) is 4.13. The molecule has 3 nitrogen and oxygen atoms in total. The highest BCUT2D eigenvalue weighted by Gasteiger charge is 2.25. The van der Waals surface area contributed by atoms with E-state index in [4.69, 9.17) is 10.8 Å². The molecule has 1 fully saturated rings. The van der Waals surface area contributed by atoms with Gasteiger partial charge in [0.25, 0.3) is 0 Å². The van der Waals surface area contributed by atoms with E-state index >= 15 is 0 Å². The number of carbonyl (C=O) groups is 1. The van der Waals surface area contributed by atoms with Gasteiger partial charge in [-0.25, -0.2) is 0 Å². The molecule has 0 radical (unpaired) electrons. The molecule has 0 atom stereocenters. The lowest BCUT2D eigenvalue weighted by Gasteiger charge is -2.08. The number of nitrogens with two attached hydrogens (primary N) is 1. The molecule has 1 aromatic carbocycles. The Morgan fingerprint density at radius 2 is 2.20 bits per heavy atom. The molecule has 0 saturated heterocycles. The fourth-order valence-corrected chi connectivity index (χ4v) is 1.88. The number of aliphatic carboxylic acids is 1. The van der Waals surface area contributed by atoms with Gasteiger partial charge in [0.2, 0.25) is 0 Å². The van der Waals surface area contributed by atoms with Crippen LogP contribution in [0.2, 0.25) is 0 Å². The van der Waals surface area contributed by atoms with E-state index in [2.05, 4.69) is 0 Å². The minimum Gasteiger partial charge on any atom is -0.481 e. The molecule has 0 unspecified atom stereocenters. The molecular weight excluding hydrogens is 190 g/mol. The Morgan fingerprint density at radius 3 is 2.80 bits per heavy atom. The highest BCUT2D eigenvalue weighted by Crippen LogP contribution is 2.42. The largest absolute Gasteiger partial charge is 0.481 e. The topological polar surface area (TPSA) is 63.3 Å². The molecule has 80 valence electrons. The molecule has 1 aliphatic carbocycles. The maximum absolute atomic E-state index is 10.5. The van der Waals surface area contributed by atoms with Gasteiger partial charge in [-0.05, 0) is 48.4 Å². The fraction of sp³-hybridized carbons (Fsp3) is 0.417. The van der Waals surface area contributed by atoms with Crippen LogP contribution in [-0.2, 0) is 11.2 Å². The summed E-state index contributed by atoms with van der Waals surface area (Å²) in [5.41, 5.74) is 8.84. The molecule has 1 aromatic rings. The van der Waals surface area contributed by atoms with Gasteiger partial charge >= 0.3 is 5.97 Å². The summed E-state index contributed by atoms with van der Waals surface area (Å²) in [6.07, 6.45) is 3.23. The third kappa shape index (κ3) is 2.49. The van der Waals surface area contributed by atoms with E-state index in [1.54, 1.807) is 0 Å². The van der Waals surface area contributed by atoms with Crippen molar-refractivity contribution < 1.29 is 9.90 Å². The van der Waals surface area contributed by atoms with Crippen LogP contribution in [0.3, 0.4) is 0 Å². The van der Waals surface area contributed by atoms with Crippen molar-refractivity contribution in [3.8, 4) is 0 Å². The van der Waals surface area contributed by atoms with Crippen molar-refractivity contribution in [1.29, 1.82) is 0 Å². The van der Waals surface area contributed by atoms with Crippen LogP contribution in [-0.4, -0.2) is 11.1 Å². The van der Waals surface area contributed by atoms with Crippen LogP contribution in [0.4, 0.5) is 5.69 Å². The van der Waals surface area contributed by atoms with Gasteiger partial charge in [-0.1, -0.05) is 6.07 Å². The van der Waals surface area contributed by atoms with Crippen molar-refractivity contribution in [2.75, 3.05) is 5.73 Å².